The molecule has 0 amide bonds. The molecule has 0 unspecified atom stereocenters. The first-order valence-corrected chi connectivity index (χ1v) is 8.11. The van der Waals surface area contributed by atoms with Gasteiger partial charge in [0.2, 0.25) is 0 Å². The molecule has 1 aliphatic rings. The summed E-state index contributed by atoms with van der Waals surface area (Å²) in [5.74, 6) is 0.0740. The van der Waals surface area contributed by atoms with Crippen LogP contribution >= 0.6 is 23.2 Å². The van der Waals surface area contributed by atoms with Crippen LogP contribution in [0.2, 0.25) is 10.0 Å². The van der Waals surface area contributed by atoms with Crippen molar-refractivity contribution < 1.29 is 14.3 Å². The number of halogens is 2. The number of carbonyl (C=O) groups excluding carboxylic acids is 1. The summed E-state index contributed by atoms with van der Waals surface area (Å²) in [5.41, 5.74) is 1.98. The quantitative estimate of drug-likeness (QED) is 0.781. The van der Waals surface area contributed by atoms with E-state index in [0.717, 1.165) is 31.5 Å². The Balaban J connectivity index is 1.89. The van der Waals surface area contributed by atoms with E-state index < -0.39 is 0 Å². The molecule has 0 fully saturated rings. The van der Waals surface area contributed by atoms with Gasteiger partial charge >= 0.3 is 5.97 Å². The highest BCUT2D eigenvalue weighted by Gasteiger charge is 2.26. The molecule has 0 spiro atoms. The van der Waals surface area contributed by atoms with Gasteiger partial charge in [0.05, 0.1) is 17.8 Å². The summed E-state index contributed by atoms with van der Waals surface area (Å²) in [6.07, 6.45) is 2.90. The van der Waals surface area contributed by atoms with Crippen LogP contribution in [0.5, 0.6) is 5.75 Å². The van der Waals surface area contributed by atoms with E-state index in [1.165, 1.54) is 7.11 Å². The third kappa shape index (κ3) is 3.16. The lowest BCUT2D eigenvalue weighted by Crippen LogP contribution is -2.14. The second-order valence-corrected chi connectivity index (χ2v) is 6.07. The van der Waals surface area contributed by atoms with E-state index in [-0.39, 0.29) is 12.6 Å². The molecule has 2 heterocycles. The van der Waals surface area contributed by atoms with Crippen molar-refractivity contribution in [2.45, 2.75) is 32.4 Å². The number of aryl methyl sites for hydroxylation is 1. The van der Waals surface area contributed by atoms with Gasteiger partial charge in [0.15, 0.2) is 0 Å². The minimum absolute atomic E-state index is 0.129. The van der Waals surface area contributed by atoms with Gasteiger partial charge < -0.3 is 9.47 Å². The minimum atomic E-state index is -0.385. The maximum atomic E-state index is 12.1. The summed E-state index contributed by atoms with van der Waals surface area (Å²) in [7, 11) is 1.37. The van der Waals surface area contributed by atoms with E-state index in [0.29, 0.717) is 27.1 Å². The molecule has 0 bridgehead atoms. The molecular formula is C16H16Cl2N2O3. The Kier molecular flexibility index (Phi) is 4.78. The minimum Gasteiger partial charge on any atom is -0.486 e. The molecule has 122 valence electrons. The van der Waals surface area contributed by atoms with Crippen LogP contribution in [-0.2, 0) is 24.3 Å². The van der Waals surface area contributed by atoms with Gasteiger partial charge in [-0.25, -0.2) is 4.79 Å². The predicted molar refractivity (Wildman–Crippen MR) is 87.3 cm³/mol. The maximum Gasteiger partial charge on any atom is 0.341 e. The predicted octanol–water partition coefficient (Wildman–Crippen LogP) is 3.89. The number of hydrogen-bond donors (Lipinski definition) is 0. The van der Waals surface area contributed by atoms with Crippen molar-refractivity contribution in [3.63, 3.8) is 0 Å². The Labute approximate surface area is 144 Å². The number of benzene rings is 1. The molecule has 0 saturated heterocycles. The van der Waals surface area contributed by atoms with Crippen LogP contribution in [-0.4, -0.2) is 22.9 Å². The molecule has 0 atom stereocenters. The van der Waals surface area contributed by atoms with E-state index in [1.54, 1.807) is 18.2 Å². The van der Waals surface area contributed by atoms with Crippen LogP contribution in [0.15, 0.2) is 18.2 Å². The molecule has 23 heavy (non-hydrogen) atoms. The van der Waals surface area contributed by atoms with Crippen molar-refractivity contribution in [3.05, 3.63) is 45.2 Å². The van der Waals surface area contributed by atoms with Crippen molar-refractivity contribution in [2.24, 2.45) is 0 Å². The second kappa shape index (κ2) is 6.81. The summed E-state index contributed by atoms with van der Waals surface area (Å²) in [4.78, 5) is 12.1. The first-order valence-electron chi connectivity index (χ1n) is 7.35. The summed E-state index contributed by atoms with van der Waals surface area (Å²) in [6.45, 7) is 0.932. The molecular weight excluding hydrogens is 339 g/mol. The van der Waals surface area contributed by atoms with Crippen molar-refractivity contribution >= 4 is 29.2 Å². The number of esters is 1. The van der Waals surface area contributed by atoms with Crippen LogP contribution in [0, 0.1) is 0 Å². The fourth-order valence-corrected chi connectivity index (χ4v) is 3.07. The van der Waals surface area contributed by atoms with Gasteiger partial charge in [-0.05, 0) is 31.4 Å². The monoisotopic (exact) mass is 354 g/mol. The second-order valence-electron chi connectivity index (χ2n) is 5.28. The third-order valence-corrected chi connectivity index (χ3v) is 4.64. The van der Waals surface area contributed by atoms with E-state index in [1.807, 2.05) is 4.68 Å². The summed E-state index contributed by atoms with van der Waals surface area (Å²) in [5, 5.41) is 5.26. The molecule has 0 aliphatic carbocycles. The van der Waals surface area contributed by atoms with E-state index in [2.05, 4.69) is 5.10 Å². The Morgan fingerprint density at radius 3 is 2.96 bits per heavy atom. The van der Waals surface area contributed by atoms with E-state index >= 15 is 0 Å². The molecule has 5 nitrogen and oxygen atoms in total. The lowest BCUT2D eigenvalue weighted by molar-refractivity contribution is 0.0596. The smallest absolute Gasteiger partial charge is 0.341 e. The molecule has 0 radical (unpaired) electrons. The SMILES string of the molecule is COC(=O)c1c(COc2cccc(Cl)c2Cl)nn2c1CCCC2. The van der Waals surface area contributed by atoms with E-state index in [4.69, 9.17) is 32.7 Å². The maximum absolute atomic E-state index is 12.1. The van der Waals surface area contributed by atoms with E-state index in [9.17, 15) is 4.79 Å². The highest BCUT2D eigenvalue weighted by atomic mass is 35.5. The van der Waals surface area contributed by atoms with Gasteiger partial charge in [-0.15, -0.1) is 0 Å². The van der Waals surface area contributed by atoms with Crippen LogP contribution in [0.25, 0.3) is 0 Å². The van der Waals surface area contributed by atoms with Gasteiger partial charge in [0, 0.05) is 6.54 Å². The molecule has 0 saturated carbocycles. The van der Waals surface area contributed by atoms with Crippen LogP contribution < -0.4 is 4.74 Å². The summed E-state index contributed by atoms with van der Waals surface area (Å²) < 4.78 is 12.5. The largest absolute Gasteiger partial charge is 0.486 e. The van der Waals surface area contributed by atoms with Crippen LogP contribution in [0.3, 0.4) is 0 Å². The summed E-state index contributed by atoms with van der Waals surface area (Å²) >= 11 is 12.1. The topological polar surface area (TPSA) is 53.4 Å². The summed E-state index contributed by atoms with van der Waals surface area (Å²) in [6, 6.07) is 5.16. The van der Waals surface area contributed by atoms with Gasteiger partial charge in [0.25, 0.3) is 0 Å². The standard InChI is InChI=1S/C16H16Cl2N2O3/c1-22-16(21)14-11(19-20-8-3-2-6-12(14)20)9-23-13-7-4-5-10(17)15(13)18/h4-5,7H,2-3,6,8-9H2,1H3. The molecule has 7 heteroatoms. The number of methoxy groups -OCH3 is 1. The molecule has 1 aromatic carbocycles. The van der Waals surface area contributed by atoms with Crippen molar-refractivity contribution in [3.8, 4) is 5.75 Å². The number of ether oxygens (including phenoxy) is 2. The van der Waals surface area contributed by atoms with Gasteiger partial charge in [-0.2, -0.15) is 5.10 Å². The van der Waals surface area contributed by atoms with Gasteiger partial charge in [-0.3, -0.25) is 4.68 Å². The Morgan fingerprint density at radius 2 is 2.17 bits per heavy atom. The Bertz CT molecular complexity index is 743. The Morgan fingerprint density at radius 1 is 1.35 bits per heavy atom. The van der Waals surface area contributed by atoms with Crippen molar-refractivity contribution in [2.75, 3.05) is 7.11 Å². The third-order valence-electron chi connectivity index (χ3n) is 3.83. The average Bonchev–Trinajstić information content (AvgIpc) is 2.94. The fourth-order valence-electron chi connectivity index (χ4n) is 2.73. The highest BCUT2D eigenvalue weighted by Crippen LogP contribution is 2.32. The van der Waals surface area contributed by atoms with Crippen LogP contribution in [0.1, 0.15) is 34.6 Å². The molecule has 1 aliphatic heterocycles. The first kappa shape index (κ1) is 16.1. The number of nitrogens with zero attached hydrogens (tertiary/aromatic N) is 2. The average molecular weight is 355 g/mol. The number of carbonyl (C=O) groups is 1. The first-order chi connectivity index (χ1) is 11.1. The van der Waals surface area contributed by atoms with Crippen LogP contribution in [0.4, 0.5) is 0 Å². The zero-order valence-corrected chi connectivity index (χ0v) is 14.2. The van der Waals surface area contributed by atoms with Crippen molar-refractivity contribution in [1.82, 2.24) is 9.78 Å². The fraction of sp³-hybridized carbons (Fsp3) is 0.375. The number of aromatic nitrogens is 2. The highest BCUT2D eigenvalue weighted by molar-refractivity contribution is 6.42. The number of rotatable bonds is 4. The number of hydrogen-bond acceptors (Lipinski definition) is 4. The normalized spacial score (nSPS) is 13.5. The zero-order chi connectivity index (χ0) is 16.4. The zero-order valence-electron chi connectivity index (χ0n) is 12.6. The molecule has 1 aromatic heterocycles. The molecule has 3 rings (SSSR count). The van der Waals surface area contributed by atoms with Crippen molar-refractivity contribution in [1.29, 1.82) is 0 Å². The lowest BCUT2D eigenvalue weighted by atomic mass is 10.1. The molecule has 0 N–H and O–H groups in total. The number of fused-ring (bicyclic) bond motifs is 1. The van der Waals surface area contributed by atoms with Gasteiger partial charge in [0.1, 0.15) is 28.6 Å². The Hall–Kier alpha value is -1.72. The lowest BCUT2D eigenvalue weighted by Gasteiger charge is -2.13. The molecule has 2 aromatic rings. The van der Waals surface area contributed by atoms with Gasteiger partial charge in [-0.1, -0.05) is 29.3 Å².